The molecule has 0 fully saturated rings. The molecule has 0 radical (unpaired) electrons. The second-order valence-corrected chi connectivity index (χ2v) is 6.88. The maximum atomic E-state index is 12.5. The van der Waals surface area contributed by atoms with E-state index in [9.17, 15) is 13.5 Å². The van der Waals surface area contributed by atoms with E-state index in [1.807, 2.05) is 6.08 Å². The van der Waals surface area contributed by atoms with Crippen LogP contribution in [0.1, 0.15) is 12.0 Å². The number of benzene rings is 1. The zero-order valence-electron chi connectivity index (χ0n) is 10.0. The van der Waals surface area contributed by atoms with Gasteiger partial charge in [0.05, 0.1) is 11.6 Å². The number of hydrogen-bond donors (Lipinski definition) is 1. The van der Waals surface area contributed by atoms with E-state index in [4.69, 9.17) is 23.2 Å². The molecular weight excluding hydrogens is 309 g/mol. The second kappa shape index (κ2) is 5.81. The van der Waals surface area contributed by atoms with E-state index in [1.54, 1.807) is 6.08 Å². The Balaban J connectivity index is 2.51. The Morgan fingerprint density at radius 3 is 2.58 bits per heavy atom. The molecule has 0 aliphatic carbocycles. The Labute approximate surface area is 122 Å². The van der Waals surface area contributed by atoms with E-state index >= 15 is 0 Å². The summed E-state index contributed by atoms with van der Waals surface area (Å²) in [6, 6.07) is 2.77. The van der Waals surface area contributed by atoms with Crippen molar-refractivity contribution in [1.29, 1.82) is 0 Å². The normalized spacial score (nSPS) is 16.8. The summed E-state index contributed by atoms with van der Waals surface area (Å²) >= 11 is 11.9. The number of hydrogen-bond acceptors (Lipinski definition) is 3. The molecule has 1 heterocycles. The zero-order chi connectivity index (χ0) is 14.0. The van der Waals surface area contributed by atoms with E-state index in [0.717, 1.165) is 0 Å². The fourth-order valence-electron chi connectivity index (χ4n) is 1.90. The third-order valence-electron chi connectivity index (χ3n) is 2.89. The maximum absolute atomic E-state index is 12.5. The third-order valence-corrected chi connectivity index (χ3v) is 5.55. The summed E-state index contributed by atoms with van der Waals surface area (Å²) in [6.45, 7) is 0.373. The molecule has 1 aromatic rings. The van der Waals surface area contributed by atoms with Crippen LogP contribution in [-0.2, 0) is 16.6 Å². The zero-order valence-corrected chi connectivity index (χ0v) is 12.3. The van der Waals surface area contributed by atoms with Crippen molar-refractivity contribution < 1.29 is 13.5 Å². The minimum atomic E-state index is -3.69. The number of sulfonamides is 1. The van der Waals surface area contributed by atoms with Gasteiger partial charge in [-0.3, -0.25) is 0 Å². The highest BCUT2D eigenvalue weighted by molar-refractivity contribution is 7.89. The van der Waals surface area contributed by atoms with Crippen molar-refractivity contribution in [2.45, 2.75) is 17.9 Å². The molecule has 1 aliphatic rings. The van der Waals surface area contributed by atoms with Crippen LogP contribution in [0.15, 0.2) is 29.2 Å². The van der Waals surface area contributed by atoms with Gasteiger partial charge >= 0.3 is 0 Å². The van der Waals surface area contributed by atoms with Gasteiger partial charge in [0.25, 0.3) is 0 Å². The highest BCUT2D eigenvalue weighted by Gasteiger charge is 2.28. The van der Waals surface area contributed by atoms with Crippen molar-refractivity contribution in [2.24, 2.45) is 0 Å². The Morgan fingerprint density at radius 2 is 2.00 bits per heavy atom. The lowest BCUT2D eigenvalue weighted by molar-refractivity contribution is 0.281. The van der Waals surface area contributed by atoms with E-state index in [2.05, 4.69) is 0 Å². The predicted molar refractivity (Wildman–Crippen MR) is 74.9 cm³/mol. The van der Waals surface area contributed by atoms with E-state index < -0.39 is 10.0 Å². The summed E-state index contributed by atoms with van der Waals surface area (Å²) in [4.78, 5) is -0.0546. The first-order valence-corrected chi connectivity index (χ1v) is 7.90. The quantitative estimate of drug-likeness (QED) is 0.870. The standard InChI is InChI=1S/C12H13Cl2NO3S/c13-10-6-9(8-16)12(14)11(7-10)19(17,18)15-4-2-1-3-5-15/h1-2,6-7,16H,3-5,8H2. The molecule has 0 atom stereocenters. The van der Waals surface area contributed by atoms with E-state index in [1.165, 1.54) is 16.4 Å². The lowest BCUT2D eigenvalue weighted by Crippen LogP contribution is -2.34. The first-order chi connectivity index (χ1) is 8.96. The van der Waals surface area contributed by atoms with E-state index in [0.29, 0.717) is 25.1 Å². The molecule has 0 unspecified atom stereocenters. The number of rotatable bonds is 3. The number of aliphatic hydroxyl groups is 1. The molecule has 0 amide bonds. The van der Waals surface area contributed by atoms with Gasteiger partial charge in [-0.2, -0.15) is 4.31 Å². The van der Waals surface area contributed by atoms with Crippen LogP contribution in [0.3, 0.4) is 0 Å². The van der Waals surface area contributed by atoms with Gasteiger partial charge in [0.15, 0.2) is 0 Å². The van der Waals surface area contributed by atoms with Gasteiger partial charge in [-0.25, -0.2) is 8.42 Å². The van der Waals surface area contributed by atoms with Gasteiger partial charge < -0.3 is 5.11 Å². The van der Waals surface area contributed by atoms with Crippen LogP contribution < -0.4 is 0 Å². The molecule has 104 valence electrons. The average Bonchev–Trinajstić information content (AvgIpc) is 2.41. The smallest absolute Gasteiger partial charge is 0.244 e. The molecule has 0 spiro atoms. The summed E-state index contributed by atoms with van der Waals surface area (Å²) in [7, 11) is -3.69. The van der Waals surface area contributed by atoms with Crippen molar-refractivity contribution in [2.75, 3.05) is 13.1 Å². The van der Waals surface area contributed by atoms with E-state index in [-0.39, 0.29) is 21.5 Å². The maximum Gasteiger partial charge on any atom is 0.244 e. The Kier molecular flexibility index (Phi) is 4.53. The largest absolute Gasteiger partial charge is 0.392 e. The summed E-state index contributed by atoms with van der Waals surface area (Å²) in [5.74, 6) is 0. The Bertz CT molecular complexity index is 614. The van der Waals surface area contributed by atoms with Crippen LogP contribution in [0.4, 0.5) is 0 Å². The SMILES string of the molecule is O=S(=O)(c1cc(Cl)cc(CO)c1Cl)N1CC=CCC1. The summed E-state index contributed by atoms with van der Waals surface area (Å²) < 4.78 is 26.3. The first-order valence-electron chi connectivity index (χ1n) is 5.70. The van der Waals surface area contributed by atoms with Crippen molar-refractivity contribution in [3.63, 3.8) is 0 Å². The van der Waals surface area contributed by atoms with Crippen LogP contribution in [0.5, 0.6) is 0 Å². The molecule has 1 aliphatic heterocycles. The van der Waals surface area contributed by atoms with Gasteiger partial charge in [0, 0.05) is 18.1 Å². The topological polar surface area (TPSA) is 57.6 Å². The Morgan fingerprint density at radius 1 is 1.26 bits per heavy atom. The molecule has 0 saturated heterocycles. The van der Waals surface area contributed by atoms with Crippen LogP contribution in [0, 0.1) is 0 Å². The van der Waals surface area contributed by atoms with Crippen LogP contribution in [0.25, 0.3) is 0 Å². The monoisotopic (exact) mass is 321 g/mol. The lowest BCUT2D eigenvalue weighted by atomic mass is 10.2. The predicted octanol–water partition coefficient (Wildman–Crippen LogP) is 2.44. The minimum absolute atomic E-state index is 0.0291. The number of nitrogens with zero attached hydrogens (tertiary/aromatic N) is 1. The molecule has 0 bridgehead atoms. The molecule has 0 aromatic heterocycles. The summed E-state index contributed by atoms with van der Waals surface area (Å²) in [5, 5.41) is 9.45. The molecule has 19 heavy (non-hydrogen) atoms. The fraction of sp³-hybridized carbons (Fsp3) is 0.333. The van der Waals surface area contributed by atoms with Crippen molar-refractivity contribution in [3.8, 4) is 0 Å². The lowest BCUT2D eigenvalue weighted by Gasteiger charge is -2.23. The highest BCUT2D eigenvalue weighted by atomic mass is 35.5. The molecule has 4 nitrogen and oxygen atoms in total. The van der Waals surface area contributed by atoms with Crippen LogP contribution in [0.2, 0.25) is 10.0 Å². The van der Waals surface area contributed by atoms with Gasteiger partial charge in [-0.05, 0) is 24.1 Å². The Hall–Kier alpha value is -0.590. The second-order valence-electron chi connectivity index (χ2n) is 4.16. The molecule has 0 saturated carbocycles. The van der Waals surface area contributed by atoms with Gasteiger partial charge in [-0.15, -0.1) is 0 Å². The van der Waals surface area contributed by atoms with Gasteiger partial charge in [0.1, 0.15) is 4.90 Å². The number of aliphatic hydroxyl groups excluding tert-OH is 1. The van der Waals surface area contributed by atoms with Gasteiger partial charge in [0.2, 0.25) is 10.0 Å². The highest BCUT2D eigenvalue weighted by Crippen LogP contribution is 2.32. The van der Waals surface area contributed by atoms with Crippen molar-refractivity contribution in [3.05, 3.63) is 39.9 Å². The molecule has 2 rings (SSSR count). The number of halogens is 2. The van der Waals surface area contributed by atoms with Gasteiger partial charge in [-0.1, -0.05) is 35.4 Å². The molecular formula is C12H13Cl2NO3S. The fourth-order valence-corrected chi connectivity index (χ4v) is 4.20. The molecule has 1 N–H and O–H groups in total. The first kappa shape index (κ1) is 14.8. The average molecular weight is 322 g/mol. The van der Waals surface area contributed by atoms with Crippen LogP contribution >= 0.6 is 23.2 Å². The van der Waals surface area contributed by atoms with Crippen molar-refractivity contribution >= 4 is 33.2 Å². The minimum Gasteiger partial charge on any atom is -0.392 e. The van der Waals surface area contributed by atoms with Crippen molar-refractivity contribution in [1.82, 2.24) is 4.31 Å². The molecule has 7 heteroatoms. The summed E-state index contributed by atoms with van der Waals surface area (Å²) in [6.07, 6.45) is 4.40. The van der Waals surface area contributed by atoms with Crippen LogP contribution in [-0.4, -0.2) is 30.9 Å². The third kappa shape index (κ3) is 2.95. The molecule has 1 aromatic carbocycles. The summed E-state index contributed by atoms with van der Waals surface area (Å²) in [5.41, 5.74) is 0.306.